The molecule has 0 saturated carbocycles. The van der Waals surface area contributed by atoms with Gasteiger partial charge in [0, 0.05) is 6.54 Å². The number of anilines is 1. The number of hydrogen-bond donors (Lipinski definition) is 1. The van der Waals surface area contributed by atoms with Gasteiger partial charge in [-0.2, -0.15) is 0 Å². The van der Waals surface area contributed by atoms with Crippen LogP contribution >= 0.6 is 0 Å². The minimum atomic E-state index is -3.93. The maximum absolute atomic E-state index is 13.0. The monoisotopic (exact) mass is 434 g/mol. The molecule has 2 amide bonds. The Balaban J connectivity index is 2.14. The van der Waals surface area contributed by atoms with E-state index < -0.39 is 34.6 Å². The normalized spacial score (nSPS) is 10.7. The SMILES string of the molecule is CCOC(=O)NC(=O)COC(=O)c1cccc(S(=O)(=O)N(CC)c2ccccc2)c1. The maximum Gasteiger partial charge on any atom is 0.413 e. The minimum Gasteiger partial charge on any atom is -0.452 e. The van der Waals surface area contributed by atoms with Gasteiger partial charge >= 0.3 is 12.1 Å². The zero-order chi connectivity index (χ0) is 22.1. The van der Waals surface area contributed by atoms with Crippen molar-refractivity contribution in [3.8, 4) is 0 Å². The van der Waals surface area contributed by atoms with Gasteiger partial charge in [-0.15, -0.1) is 0 Å². The van der Waals surface area contributed by atoms with Crippen LogP contribution in [0, 0.1) is 0 Å². The summed E-state index contributed by atoms with van der Waals surface area (Å²) >= 11 is 0. The summed E-state index contributed by atoms with van der Waals surface area (Å²) in [7, 11) is -3.93. The van der Waals surface area contributed by atoms with Crippen molar-refractivity contribution in [2.75, 3.05) is 24.1 Å². The number of sulfonamides is 1. The molecule has 0 bridgehead atoms. The van der Waals surface area contributed by atoms with Crippen LogP contribution in [0.5, 0.6) is 0 Å². The van der Waals surface area contributed by atoms with E-state index in [1.54, 1.807) is 44.2 Å². The van der Waals surface area contributed by atoms with Crippen molar-refractivity contribution < 1.29 is 32.3 Å². The first-order chi connectivity index (χ1) is 14.3. The van der Waals surface area contributed by atoms with E-state index >= 15 is 0 Å². The van der Waals surface area contributed by atoms with Crippen LogP contribution in [0.1, 0.15) is 24.2 Å². The van der Waals surface area contributed by atoms with Gasteiger partial charge in [0.2, 0.25) is 0 Å². The molecule has 2 aromatic rings. The Labute approximate surface area is 174 Å². The smallest absolute Gasteiger partial charge is 0.413 e. The fraction of sp³-hybridized carbons (Fsp3) is 0.250. The van der Waals surface area contributed by atoms with E-state index in [1.165, 1.54) is 28.6 Å². The summed E-state index contributed by atoms with van der Waals surface area (Å²) in [6.45, 7) is 2.82. The van der Waals surface area contributed by atoms with Crippen molar-refractivity contribution in [3.05, 3.63) is 60.2 Å². The molecule has 10 heteroatoms. The molecule has 0 fully saturated rings. The summed E-state index contributed by atoms with van der Waals surface area (Å²) in [5, 5.41) is 1.88. The number of esters is 1. The first kappa shape index (κ1) is 22.9. The van der Waals surface area contributed by atoms with Crippen molar-refractivity contribution in [1.82, 2.24) is 5.32 Å². The van der Waals surface area contributed by atoms with Gasteiger partial charge in [0.15, 0.2) is 6.61 Å². The van der Waals surface area contributed by atoms with Crippen molar-refractivity contribution in [1.29, 1.82) is 0 Å². The molecule has 9 nitrogen and oxygen atoms in total. The number of imide groups is 1. The van der Waals surface area contributed by atoms with Crippen molar-refractivity contribution in [2.45, 2.75) is 18.7 Å². The molecule has 0 unspecified atom stereocenters. The standard InChI is InChI=1S/C20H22N2O7S/c1-3-22(16-10-6-5-7-11-16)30(26,27)17-12-8-9-15(13-17)19(24)29-14-18(23)21-20(25)28-4-2/h5-13H,3-4,14H2,1-2H3,(H,21,23,25). The van der Waals surface area contributed by atoms with E-state index in [-0.39, 0.29) is 23.6 Å². The molecule has 0 aliphatic heterocycles. The Morgan fingerprint density at radius 1 is 0.967 bits per heavy atom. The topological polar surface area (TPSA) is 119 Å². The first-order valence-electron chi connectivity index (χ1n) is 9.11. The second-order valence-corrected chi connectivity index (χ2v) is 7.74. The second kappa shape index (κ2) is 10.4. The van der Waals surface area contributed by atoms with Gasteiger partial charge in [0.1, 0.15) is 0 Å². The number of alkyl carbamates (subject to hydrolysis) is 1. The van der Waals surface area contributed by atoms with E-state index in [2.05, 4.69) is 4.74 Å². The fourth-order valence-electron chi connectivity index (χ4n) is 2.53. The van der Waals surface area contributed by atoms with Gasteiger partial charge in [0.25, 0.3) is 15.9 Å². The number of nitrogens with zero attached hydrogens (tertiary/aromatic N) is 1. The van der Waals surface area contributed by atoms with Crippen LogP contribution in [0.2, 0.25) is 0 Å². The molecule has 0 aliphatic carbocycles. The Morgan fingerprint density at radius 3 is 2.30 bits per heavy atom. The molecule has 0 aromatic heterocycles. The van der Waals surface area contributed by atoms with Crippen LogP contribution in [0.4, 0.5) is 10.5 Å². The second-order valence-electron chi connectivity index (χ2n) is 5.88. The number of rotatable bonds is 8. The van der Waals surface area contributed by atoms with Gasteiger partial charge in [-0.1, -0.05) is 24.3 Å². The number of ether oxygens (including phenoxy) is 2. The molecule has 2 rings (SSSR count). The highest BCUT2D eigenvalue weighted by atomic mass is 32.2. The summed E-state index contributed by atoms with van der Waals surface area (Å²) in [5.74, 6) is -1.78. The molecular weight excluding hydrogens is 412 g/mol. The van der Waals surface area contributed by atoms with E-state index in [0.717, 1.165) is 0 Å². The summed E-state index contributed by atoms with van der Waals surface area (Å²) < 4.78 is 36.7. The van der Waals surface area contributed by atoms with Gasteiger partial charge in [0.05, 0.1) is 22.8 Å². The van der Waals surface area contributed by atoms with Gasteiger partial charge in [-0.25, -0.2) is 18.0 Å². The minimum absolute atomic E-state index is 0.0517. The highest BCUT2D eigenvalue weighted by molar-refractivity contribution is 7.92. The van der Waals surface area contributed by atoms with Crippen molar-refractivity contribution in [3.63, 3.8) is 0 Å². The molecule has 2 aromatic carbocycles. The maximum atomic E-state index is 13.0. The number of amides is 2. The quantitative estimate of drug-likeness (QED) is 0.633. The van der Waals surface area contributed by atoms with Gasteiger partial charge in [-0.05, 0) is 44.2 Å². The molecule has 0 atom stereocenters. The lowest BCUT2D eigenvalue weighted by atomic mass is 10.2. The lowest BCUT2D eigenvalue weighted by molar-refractivity contribution is -0.123. The first-order valence-corrected chi connectivity index (χ1v) is 10.5. The van der Waals surface area contributed by atoms with E-state index in [0.29, 0.717) is 5.69 Å². The number of hydrogen-bond acceptors (Lipinski definition) is 7. The fourth-order valence-corrected chi connectivity index (χ4v) is 4.05. The predicted octanol–water partition coefficient (Wildman–Crippen LogP) is 2.33. The highest BCUT2D eigenvalue weighted by Gasteiger charge is 2.24. The van der Waals surface area contributed by atoms with Crippen LogP contribution in [-0.2, 0) is 24.3 Å². The average Bonchev–Trinajstić information content (AvgIpc) is 2.73. The summed E-state index contributed by atoms with van der Waals surface area (Å²) in [5.41, 5.74) is 0.438. The molecule has 160 valence electrons. The third kappa shape index (κ3) is 5.80. The van der Waals surface area contributed by atoms with Crippen LogP contribution < -0.4 is 9.62 Å². The van der Waals surface area contributed by atoms with Crippen LogP contribution in [0.25, 0.3) is 0 Å². The Morgan fingerprint density at radius 2 is 1.67 bits per heavy atom. The molecule has 0 aliphatic rings. The number of carbonyl (C=O) groups excluding carboxylic acids is 3. The third-order valence-corrected chi connectivity index (χ3v) is 5.74. The van der Waals surface area contributed by atoms with Crippen molar-refractivity contribution >= 4 is 33.7 Å². The Hall–Kier alpha value is -3.40. The van der Waals surface area contributed by atoms with Gasteiger partial charge in [-0.3, -0.25) is 14.4 Å². The number of carbonyl (C=O) groups is 3. The number of benzene rings is 2. The number of para-hydroxylation sites is 1. The molecule has 0 heterocycles. The predicted molar refractivity (Wildman–Crippen MR) is 109 cm³/mol. The molecule has 0 saturated heterocycles. The summed E-state index contributed by atoms with van der Waals surface area (Å²) in [6, 6.07) is 13.9. The Bertz CT molecular complexity index is 1010. The van der Waals surface area contributed by atoms with Crippen molar-refractivity contribution in [2.24, 2.45) is 0 Å². The van der Waals surface area contributed by atoms with Crippen LogP contribution in [0.15, 0.2) is 59.5 Å². The number of nitrogens with one attached hydrogen (secondary N) is 1. The lowest BCUT2D eigenvalue weighted by Crippen LogP contribution is -2.34. The average molecular weight is 434 g/mol. The zero-order valence-corrected chi connectivity index (χ0v) is 17.3. The van der Waals surface area contributed by atoms with E-state index in [1.807, 2.05) is 5.32 Å². The summed E-state index contributed by atoms with van der Waals surface area (Å²) in [4.78, 5) is 34.9. The molecule has 1 N–H and O–H groups in total. The van der Waals surface area contributed by atoms with Crippen LogP contribution in [0.3, 0.4) is 0 Å². The summed E-state index contributed by atoms with van der Waals surface area (Å²) in [6.07, 6.45) is -0.952. The van der Waals surface area contributed by atoms with Crippen LogP contribution in [-0.4, -0.2) is 46.1 Å². The lowest BCUT2D eigenvalue weighted by Gasteiger charge is -2.23. The molecule has 0 spiro atoms. The zero-order valence-electron chi connectivity index (χ0n) is 16.5. The van der Waals surface area contributed by atoms with Gasteiger partial charge < -0.3 is 9.47 Å². The molecule has 30 heavy (non-hydrogen) atoms. The molecular formula is C20H22N2O7S. The Kier molecular flexibility index (Phi) is 7.93. The van der Waals surface area contributed by atoms with E-state index in [9.17, 15) is 22.8 Å². The van der Waals surface area contributed by atoms with E-state index in [4.69, 9.17) is 4.74 Å². The highest BCUT2D eigenvalue weighted by Crippen LogP contribution is 2.24. The largest absolute Gasteiger partial charge is 0.452 e. The molecule has 0 radical (unpaired) electrons. The third-order valence-electron chi connectivity index (χ3n) is 3.84.